The Bertz CT molecular complexity index is 786. The van der Waals surface area contributed by atoms with Crippen LogP contribution in [-0.2, 0) is 6.18 Å². The number of halogens is 6. The predicted molar refractivity (Wildman–Crippen MR) is 89.1 cm³/mol. The number of anilines is 2. The third kappa shape index (κ3) is 5.45. The Morgan fingerprint density at radius 3 is 2.04 bits per heavy atom. The Morgan fingerprint density at radius 1 is 0.964 bits per heavy atom. The number of hydrogen-bond donors (Lipinski definition) is 2. The zero-order valence-corrected chi connectivity index (χ0v) is 15.2. The maximum atomic E-state index is 13.0. The summed E-state index contributed by atoms with van der Waals surface area (Å²) in [4.78, 5) is 11.6. The summed E-state index contributed by atoms with van der Waals surface area (Å²) in [6.45, 7) is 4.98. The van der Waals surface area contributed by atoms with E-state index in [9.17, 15) is 26.3 Å². The van der Waals surface area contributed by atoms with Gasteiger partial charge in [-0.1, -0.05) is 13.8 Å². The molecule has 28 heavy (non-hydrogen) atoms. The molecule has 2 heterocycles. The zero-order valence-electron chi connectivity index (χ0n) is 15.2. The second kappa shape index (κ2) is 8.19. The first-order valence-corrected chi connectivity index (χ1v) is 8.43. The van der Waals surface area contributed by atoms with E-state index in [0.29, 0.717) is 12.5 Å². The van der Waals surface area contributed by atoms with Gasteiger partial charge in [0.05, 0.1) is 0 Å². The Labute approximate surface area is 156 Å². The normalized spacial score (nSPS) is 14.6. The summed E-state index contributed by atoms with van der Waals surface area (Å²) in [5.41, 5.74) is -1.18. The van der Waals surface area contributed by atoms with Crippen LogP contribution in [0.15, 0.2) is 12.3 Å². The molecule has 0 fully saturated rings. The van der Waals surface area contributed by atoms with E-state index in [4.69, 9.17) is 0 Å². The Kier molecular flexibility index (Phi) is 6.34. The Hall–Kier alpha value is -2.60. The molecule has 0 aliphatic carbocycles. The molecule has 0 radical (unpaired) electrons. The van der Waals surface area contributed by atoms with Crippen LogP contribution in [0.4, 0.5) is 38.2 Å². The van der Waals surface area contributed by atoms with E-state index in [-0.39, 0.29) is 24.4 Å². The molecular weight excluding hydrogens is 392 g/mol. The summed E-state index contributed by atoms with van der Waals surface area (Å²) in [5, 5.41) is 8.36. The smallest absolute Gasteiger partial charge is 0.352 e. The number of aromatic nitrogens is 5. The van der Waals surface area contributed by atoms with Gasteiger partial charge in [-0.2, -0.15) is 46.4 Å². The van der Waals surface area contributed by atoms with Gasteiger partial charge in [0.1, 0.15) is 6.04 Å². The summed E-state index contributed by atoms with van der Waals surface area (Å²) in [7, 11) is 0. The third-order valence-corrected chi connectivity index (χ3v) is 3.80. The molecule has 0 saturated carbocycles. The van der Waals surface area contributed by atoms with E-state index in [1.54, 1.807) is 6.92 Å². The van der Waals surface area contributed by atoms with Crippen LogP contribution in [0.1, 0.15) is 39.3 Å². The molecule has 2 N–H and O–H groups in total. The summed E-state index contributed by atoms with van der Waals surface area (Å²) in [5.74, 6) is -0.859. The van der Waals surface area contributed by atoms with E-state index in [1.807, 2.05) is 6.92 Å². The number of hydrogen-bond acceptors (Lipinski definition) is 6. The van der Waals surface area contributed by atoms with Crippen molar-refractivity contribution in [1.29, 1.82) is 0 Å². The largest absolute Gasteiger partial charge is 0.435 e. The monoisotopic (exact) mass is 411 g/mol. The highest BCUT2D eigenvalue weighted by atomic mass is 19.4. The standard InChI is InChI=1S/C15H19F6N7/c1-4-8(3)22-11-24-12(23-9(5-2)14(16,17)18)26-13(25-11)28-7-6-10(27-28)15(19,20)21/h6-9H,4-5H2,1-3H3,(H2,22,23,24,25,26)/t8-,9+/m1/s1. The Balaban J connectivity index is 2.44. The van der Waals surface area contributed by atoms with Crippen LogP contribution in [0.25, 0.3) is 5.95 Å². The van der Waals surface area contributed by atoms with Crippen molar-refractivity contribution in [2.24, 2.45) is 0 Å². The lowest BCUT2D eigenvalue weighted by Crippen LogP contribution is -2.36. The van der Waals surface area contributed by atoms with Gasteiger partial charge in [-0.15, -0.1) is 0 Å². The van der Waals surface area contributed by atoms with Crippen LogP contribution < -0.4 is 10.6 Å². The summed E-state index contributed by atoms with van der Waals surface area (Å²) < 4.78 is 78.1. The molecule has 2 atom stereocenters. The van der Waals surface area contributed by atoms with Crippen LogP contribution in [-0.4, -0.2) is 43.0 Å². The van der Waals surface area contributed by atoms with Crippen LogP contribution in [0.3, 0.4) is 0 Å². The van der Waals surface area contributed by atoms with E-state index < -0.39 is 30.0 Å². The average Bonchev–Trinajstić information content (AvgIpc) is 3.08. The number of nitrogens with zero attached hydrogens (tertiary/aromatic N) is 5. The molecule has 2 aromatic heterocycles. The molecule has 7 nitrogen and oxygen atoms in total. The Morgan fingerprint density at radius 2 is 1.57 bits per heavy atom. The molecule has 13 heteroatoms. The fourth-order valence-electron chi connectivity index (χ4n) is 2.08. The van der Waals surface area contributed by atoms with Crippen LogP contribution in [0.2, 0.25) is 0 Å². The molecule has 0 aromatic carbocycles. The minimum atomic E-state index is -4.68. The highest BCUT2D eigenvalue weighted by molar-refractivity contribution is 5.39. The highest BCUT2D eigenvalue weighted by Crippen LogP contribution is 2.28. The molecule has 0 bridgehead atoms. The van der Waals surface area contributed by atoms with Gasteiger partial charge in [0.25, 0.3) is 5.95 Å². The zero-order chi connectivity index (χ0) is 21.1. The van der Waals surface area contributed by atoms with Crippen molar-refractivity contribution in [2.75, 3.05) is 10.6 Å². The van der Waals surface area contributed by atoms with Crippen molar-refractivity contribution in [2.45, 2.75) is 58.0 Å². The summed E-state index contributed by atoms with van der Waals surface area (Å²) in [6.07, 6.45) is -7.90. The van der Waals surface area contributed by atoms with Gasteiger partial charge >= 0.3 is 12.4 Å². The molecule has 156 valence electrons. The molecule has 2 rings (SSSR count). The fraction of sp³-hybridized carbons (Fsp3) is 0.600. The second-order valence-electron chi connectivity index (χ2n) is 6.03. The van der Waals surface area contributed by atoms with Crippen LogP contribution in [0.5, 0.6) is 0 Å². The summed E-state index contributed by atoms with van der Waals surface area (Å²) >= 11 is 0. The first kappa shape index (κ1) is 21.7. The molecule has 2 aromatic rings. The molecule has 0 aliphatic rings. The number of rotatable bonds is 7. The first-order chi connectivity index (χ1) is 12.9. The molecule has 0 unspecified atom stereocenters. The van der Waals surface area contributed by atoms with Crippen molar-refractivity contribution >= 4 is 11.9 Å². The summed E-state index contributed by atoms with van der Waals surface area (Å²) in [6, 6.07) is -1.35. The average molecular weight is 411 g/mol. The van der Waals surface area contributed by atoms with E-state index in [1.165, 1.54) is 6.92 Å². The molecule has 0 aliphatic heterocycles. The third-order valence-electron chi connectivity index (χ3n) is 3.80. The van der Waals surface area contributed by atoms with Crippen LogP contribution in [0, 0.1) is 0 Å². The fourth-order valence-corrected chi connectivity index (χ4v) is 2.08. The van der Waals surface area contributed by atoms with Crippen molar-refractivity contribution in [3.8, 4) is 5.95 Å². The highest BCUT2D eigenvalue weighted by Gasteiger charge is 2.39. The van der Waals surface area contributed by atoms with E-state index in [0.717, 1.165) is 10.9 Å². The lowest BCUT2D eigenvalue weighted by atomic mass is 10.2. The van der Waals surface area contributed by atoms with Gasteiger partial charge in [-0.05, 0) is 25.8 Å². The maximum absolute atomic E-state index is 13.0. The van der Waals surface area contributed by atoms with Crippen LogP contribution >= 0.6 is 0 Å². The number of nitrogens with one attached hydrogen (secondary N) is 2. The lowest BCUT2D eigenvalue weighted by Gasteiger charge is -2.20. The molecule has 0 spiro atoms. The second-order valence-corrected chi connectivity index (χ2v) is 6.03. The van der Waals surface area contributed by atoms with Gasteiger partial charge < -0.3 is 10.6 Å². The minimum absolute atomic E-state index is 0.0806. The molecule has 0 amide bonds. The van der Waals surface area contributed by atoms with Crippen molar-refractivity contribution in [1.82, 2.24) is 24.7 Å². The lowest BCUT2D eigenvalue weighted by molar-refractivity contribution is -0.143. The van der Waals surface area contributed by atoms with E-state index in [2.05, 4.69) is 30.7 Å². The van der Waals surface area contributed by atoms with Gasteiger partial charge in [-0.25, -0.2) is 4.68 Å². The van der Waals surface area contributed by atoms with Gasteiger partial charge in [0.2, 0.25) is 11.9 Å². The predicted octanol–water partition coefficient (Wildman–Crippen LogP) is 4.04. The van der Waals surface area contributed by atoms with Crippen molar-refractivity contribution < 1.29 is 26.3 Å². The topological polar surface area (TPSA) is 80.5 Å². The van der Waals surface area contributed by atoms with E-state index >= 15 is 0 Å². The van der Waals surface area contributed by atoms with Gasteiger partial charge in [-0.3, -0.25) is 0 Å². The van der Waals surface area contributed by atoms with Gasteiger partial charge in [0.15, 0.2) is 5.69 Å². The minimum Gasteiger partial charge on any atom is -0.352 e. The van der Waals surface area contributed by atoms with Crippen molar-refractivity contribution in [3.05, 3.63) is 18.0 Å². The molecular formula is C15H19F6N7. The first-order valence-electron chi connectivity index (χ1n) is 8.43. The van der Waals surface area contributed by atoms with Gasteiger partial charge in [0, 0.05) is 12.2 Å². The molecule has 0 saturated heterocycles. The maximum Gasteiger partial charge on any atom is 0.435 e. The quantitative estimate of drug-likeness (QED) is 0.670. The van der Waals surface area contributed by atoms with Crippen molar-refractivity contribution in [3.63, 3.8) is 0 Å². The SMILES string of the molecule is CC[C@@H](C)Nc1nc(N[C@@H](CC)C(F)(F)F)nc(-n2ccc(C(F)(F)F)n2)n1. The number of alkyl halides is 6.